The molecule has 0 radical (unpaired) electrons. The summed E-state index contributed by atoms with van der Waals surface area (Å²) in [5.74, 6) is 1.86. The van der Waals surface area contributed by atoms with Crippen LogP contribution in [0.3, 0.4) is 0 Å². The van der Waals surface area contributed by atoms with Gasteiger partial charge >= 0.3 is 0 Å². The Morgan fingerprint density at radius 2 is 2.07 bits per heavy atom. The lowest BCUT2D eigenvalue weighted by atomic mass is 10.1. The SMILES string of the molecule is Cc1cc(Oc2ncccc2C#N)ccc1NC(=O)C=Cc1ccc2c(c1)OCO2. The second-order valence-corrected chi connectivity index (χ2v) is 6.48. The number of hydrogen-bond donors (Lipinski definition) is 1. The molecule has 7 heteroatoms. The van der Waals surface area contributed by atoms with Gasteiger partial charge in [0.2, 0.25) is 18.6 Å². The zero-order valence-corrected chi connectivity index (χ0v) is 16.1. The molecule has 30 heavy (non-hydrogen) atoms. The Morgan fingerprint density at radius 1 is 1.20 bits per heavy atom. The summed E-state index contributed by atoms with van der Waals surface area (Å²) in [7, 11) is 0. The van der Waals surface area contributed by atoms with E-state index < -0.39 is 0 Å². The summed E-state index contributed by atoms with van der Waals surface area (Å²) >= 11 is 0. The average Bonchev–Trinajstić information content (AvgIpc) is 3.22. The third-order valence-electron chi connectivity index (χ3n) is 4.39. The Kier molecular flexibility index (Phi) is 5.31. The van der Waals surface area contributed by atoms with Crippen LogP contribution in [0.4, 0.5) is 5.69 Å². The molecule has 1 amide bonds. The lowest BCUT2D eigenvalue weighted by molar-refractivity contribution is -0.111. The number of nitrogens with one attached hydrogen (secondary N) is 1. The largest absolute Gasteiger partial charge is 0.454 e. The van der Waals surface area contributed by atoms with Gasteiger partial charge in [-0.15, -0.1) is 0 Å². The molecular weight excluding hydrogens is 382 g/mol. The third kappa shape index (κ3) is 4.23. The lowest BCUT2D eigenvalue weighted by Crippen LogP contribution is -2.09. The second kappa shape index (κ2) is 8.37. The van der Waals surface area contributed by atoms with E-state index in [2.05, 4.69) is 10.3 Å². The first-order valence-electron chi connectivity index (χ1n) is 9.15. The Hall–Kier alpha value is -4.31. The smallest absolute Gasteiger partial charge is 0.248 e. The molecule has 7 nitrogen and oxygen atoms in total. The first-order valence-corrected chi connectivity index (χ1v) is 9.15. The van der Waals surface area contributed by atoms with E-state index in [0.29, 0.717) is 28.5 Å². The standard InChI is InChI=1S/C23H17N3O4/c1-15-11-18(30-23-17(13-24)3-2-10-25-23)6-7-19(15)26-22(27)9-5-16-4-8-20-21(12-16)29-14-28-20/h2-12H,14H2,1H3,(H,26,27). The van der Waals surface area contributed by atoms with Crippen molar-refractivity contribution in [2.75, 3.05) is 12.1 Å². The van der Waals surface area contributed by atoms with Crippen LogP contribution in [0.1, 0.15) is 16.7 Å². The molecule has 148 valence electrons. The maximum absolute atomic E-state index is 12.3. The number of carbonyl (C=O) groups is 1. The average molecular weight is 399 g/mol. The van der Waals surface area contributed by atoms with Gasteiger partial charge in [0.05, 0.1) is 0 Å². The molecule has 1 aromatic heterocycles. The topological polar surface area (TPSA) is 93.5 Å². The Labute approximate surface area is 173 Å². The van der Waals surface area contributed by atoms with Crippen LogP contribution in [0, 0.1) is 18.3 Å². The van der Waals surface area contributed by atoms with Gasteiger partial charge in [-0.3, -0.25) is 4.79 Å². The molecule has 2 heterocycles. The maximum Gasteiger partial charge on any atom is 0.248 e. The normalized spacial score (nSPS) is 11.9. The predicted molar refractivity (Wildman–Crippen MR) is 110 cm³/mol. The molecule has 0 saturated heterocycles. The first kappa shape index (κ1) is 19.0. The zero-order valence-electron chi connectivity index (χ0n) is 16.1. The minimum Gasteiger partial charge on any atom is -0.454 e. The van der Waals surface area contributed by atoms with Crippen molar-refractivity contribution in [2.45, 2.75) is 6.92 Å². The van der Waals surface area contributed by atoms with Crippen LogP contribution < -0.4 is 19.5 Å². The summed E-state index contributed by atoms with van der Waals surface area (Å²) in [6.07, 6.45) is 4.72. The minimum absolute atomic E-state index is 0.208. The molecule has 0 aliphatic carbocycles. The van der Waals surface area contributed by atoms with Crippen LogP contribution in [0.15, 0.2) is 60.8 Å². The summed E-state index contributed by atoms with van der Waals surface area (Å²) in [4.78, 5) is 16.4. The van der Waals surface area contributed by atoms with Gasteiger partial charge < -0.3 is 19.5 Å². The fourth-order valence-corrected chi connectivity index (χ4v) is 2.87. The van der Waals surface area contributed by atoms with Gasteiger partial charge in [-0.25, -0.2) is 4.98 Å². The molecule has 0 unspecified atom stereocenters. The number of rotatable bonds is 5. The molecular formula is C23H17N3O4. The molecule has 0 fully saturated rings. The summed E-state index contributed by atoms with van der Waals surface area (Å²) in [6.45, 7) is 2.06. The number of hydrogen-bond acceptors (Lipinski definition) is 6. The van der Waals surface area contributed by atoms with Gasteiger partial charge in [0.15, 0.2) is 11.5 Å². The van der Waals surface area contributed by atoms with E-state index in [0.717, 1.165) is 11.1 Å². The number of amides is 1. The van der Waals surface area contributed by atoms with Gasteiger partial charge in [0, 0.05) is 18.0 Å². The van der Waals surface area contributed by atoms with Crippen molar-refractivity contribution in [3.8, 4) is 29.2 Å². The number of nitriles is 1. The quantitative estimate of drug-likeness (QED) is 0.638. The third-order valence-corrected chi connectivity index (χ3v) is 4.39. The second-order valence-electron chi connectivity index (χ2n) is 6.48. The number of anilines is 1. The zero-order chi connectivity index (χ0) is 20.9. The van der Waals surface area contributed by atoms with Gasteiger partial charge in [-0.05, 0) is 66.6 Å². The van der Waals surface area contributed by atoms with Gasteiger partial charge in [0.1, 0.15) is 17.4 Å². The molecule has 1 aliphatic heterocycles. The van der Waals surface area contributed by atoms with Crippen LogP contribution in [-0.2, 0) is 4.79 Å². The Morgan fingerprint density at radius 3 is 2.90 bits per heavy atom. The summed E-state index contributed by atoms with van der Waals surface area (Å²) < 4.78 is 16.3. The van der Waals surface area contributed by atoms with Crippen molar-refractivity contribution >= 4 is 17.7 Å². The maximum atomic E-state index is 12.3. The molecule has 1 N–H and O–H groups in total. The van der Waals surface area contributed by atoms with Crippen molar-refractivity contribution < 1.29 is 19.0 Å². The molecule has 4 rings (SSSR count). The van der Waals surface area contributed by atoms with Crippen molar-refractivity contribution in [1.82, 2.24) is 4.98 Å². The molecule has 0 spiro atoms. The van der Waals surface area contributed by atoms with Crippen LogP contribution in [0.5, 0.6) is 23.1 Å². The van der Waals surface area contributed by atoms with Gasteiger partial charge in [-0.2, -0.15) is 5.26 Å². The first-order chi connectivity index (χ1) is 14.6. The van der Waals surface area contributed by atoms with E-state index in [-0.39, 0.29) is 18.6 Å². The number of fused-ring (bicyclic) bond motifs is 1. The van der Waals surface area contributed by atoms with E-state index in [1.54, 1.807) is 42.6 Å². The highest BCUT2D eigenvalue weighted by molar-refractivity contribution is 6.02. The summed E-state index contributed by atoms with van der Waals surface area (Å²) in [5, 5.41) is 12.0. The Balaban J connectivity index is 1.42. The number of carbonyl (C=O) groups excluding carboxylic acids is 1. The molecule has 1 aliphatic rings. The number of aromatic nitrogens is 1. The van der Waals surface area contributed by atoms with E-state index in [1.165, 1.54) is 6.08 Å². The van der Waals surface area contributed by atoms with Gasteiger partial charge in [-0.1, -0.05) is 6.07 Å². The molecule has 0 atom stereocenters. The number of benzene rings is 2. The highest BCUT2D eigenvalue weighted by atomic mass is 16.7. The summed E-state index contributed by atoms with van der Waals surface area (Å²) in [5.41, 5.74) is 2.65. The number of nitrogens with zero attached hydrogens (tertiary/aromatic N) is 2. The highest BCUT2D eigenvalue weighted by Crippen LogP contribution is 2.33. The van der Waals surface area contributed by atoms with E-state index in [4.69, 9.17) is 19.5 Å². The van der Waals surface area contributed by atoms with Crippen LogP contribution in [-0.4, -0.2) is 17.7 Å². The molecule has 2 aromatic carbocycles. The van der Waals surface area contributed by atoms with Crippen LogP contribution >= 0.6 is 0 Å². The van der Waals surface area contributed by atoms with Crippen LogP contribution in [0.2, 0.25) is 0 Å². The predicted octanol–water partition coefficient (Wildman–Crippen LogP) is 4.43. The Bertz CT molecular complexity index is 1180. The number of ether oxygens (including phenoxy) is 3. The van der Waals surface area contributed by atoms with Crippen LogP contribution in [0.25, 0.3) is 6.08 Å². The van der Waals surface area contributed by atoms with Crippen molar-refractivity contribution in [1.29, 1.82) is 5.26 Å². The van der Waals surface area contributed by atoms with Gasteiger partial charge in [0.25, 0.3) is 0 Å². The fourth-order valence-electron chi connectivity index (χ4n) is 2.87. The fraction of sp³-hybridized carbons (Fsp3) is 0.0870. The summed E-state index contributed by atoms with van der Waals surface area (Å²) in [6, 6.07) is 16.0. The minimum atomic E-state index is -0.263. The number of pyridine rings is 1. The molecule has 3 aromatic rings. The van der Waals surface area contributed by atoms with Crippen molar-refractivity contribution in [3.63, 3.8) is 0 Å². The van der Waals surface area contributed by atoms with Crippen molar-refractivity contribution in [3.05, 3.63) is 77.5 Å². The van der Waals surface area contributed by atoms with Crippen molar-refractivity contribution in [2.24, 2.45) is 0 Å². The highest BCUT2D eigenvalue weighted by Gasteiger charge is 2.12. The van der Waals surface area contributed by atoms with E-state index >= 15 is 0 Å². The van der Waals surface area contributed by atoms with E-state index in [9.17, 15) is 4.79 Å². The monoisotopic (exact) mass is 399 g/mol. The number of aryl methyl sites for hydroxylation is 1. The molecule has 0 bridgehead atoms. The lowest BCUT2D eigenvalue weighted by Gasteiger charge is -2.10. The van der Waals surface area contributed by atoms with E-state index in [1.807, 2.05) is 31.2 Å². The molecule has 0 saturated carbocycles.